The Morgan fingerprint density at radius 3 is 1.72 bits per heavy atom. The van der Waals surface area contributed by atoms with Crippen molar-refractivity contribution in [3.63, 3.8) is 0 Å². The van der Waals surface area contributed by atoms with Crippen molar-refractivity contribution in [3.05, 3.63) is 90.5 Å². The normalized spacial score (nSPS) is 10.8. The topological polar surface area (TPSA) is 17.1 Å². The average molecular weight is 364 g/mol. The van der Waals surface area contributed by atoms with Crippen molar-refractivity contribution in [1.82, 2.24) is 0 Å². The lowest BCUT2D eigenvalue weighted by Crippen LogP contribution is -2.20. The summed E-state index contributed by atoms with van der Waals surface area (Å²) < 4.78 is 0. The zero-order chi connectivity index (χ0) is 17.5. The van der Waals surface area contributed by atoms with Crippen molar-refractivity contribution in [3.8, 4) is 0 Å². The molecule has 126 valence electrons. The largest absolute Gasteiger partial charge is 0.288 e. The lowest BCUT2D eigenvalue weighted by atomic mass is 10.2. The van der Waals surface area contributed by atoms with Gasteiger partial charge in [-0.05, 0) is 35.8 Å². The molecule has 0 saturated heterocycles. The molecule has 0 radical (unpaired) electrons. The van der Waals surface area contributed by atoms with Crippen LogP contribution in [0, 0.1) is 0 Å². The monoisotopic (exact) mass is 364 g/mol. The third-order valence-electron chi connectivity index (χ3n) is 3.92. The average Bonchev–Trinajstić information content (AvgIpc) is 2.65. The van der Waals surface area contributed by atoms with E-state index in [9.17, 15) is 4.79 Å². The molecule has 3 aromatic carbocycles. The number of rotatable bonds is 6. The summed E-state index contributed by atoms with van der Waals surface area (Å²) in [6.45, 7) is 1.63. The smallest absolute Gasteiger partial charge is 0.185 e. The van der Waals surface area contributed by atoms with Crippen molar-refractivity contribution in [1.29, 1.82) is 0 Å². The molecule has 3 rings (SSSR count). The van der Waals surface area contributed by atoms with E-state index in [2.05, 4.69) is 84.9 Å². The second-order valence-corrected chi connectivity index (χ2v) is 9.25. The molecule has 3 heteroatoms. The van der Waals surface area contributed by atoms with Gasteiger partial charge in [-0.1, -0.05) is 96.7 Å². The number of hydrogen-bond donors (Lipinski definition) is 0. The van der Waals surface area contributed by atoms with Gasteiger partial charge in [0.05, 0.1) is 0 Å². The summed E-state index contributed by atoms with van der Waals surface area (Å²) in [5.74, 6) is 0.848. The van der Waals surface area contributed by atoms with Crippen LogP contribution in [0.1, 0.15) is 12.5 Å². The molecular formula is C22H21OPS. The molecule has 0 bridgehead atoms. The van der Waals surface area contributed by atoms with Crippen molar-refractivity contribution >= 4 is 40.7 Å². The fourth-order valence-corrected chi connectivity index (χ4v) is 5.63. The summed E-state index contributed by atoms with van der Waals surface area (Å²) in [6, 6.07) is 30.4. The van der Waals surface area contributed by atoms with Crippen LogP contribution in [0.3, 0.4) is 0 Å². The van der Waals surface area contributed by atoms with Gasteiger partial charge >= 0.3 is 0 Å². The molecule has 0 aliphatic rings. The maximum Gasteiger partial charge on any atom is 0.185 e. The first-order valence-corrected chi connectivity index (χ1v) is 10.7. The highest BCUT2D eigenvalue weighted by molar-refractivity contribution is 8.13. The third kappa shape index (κ3) is 5.04. The molecule has 0 aliphatic carbocycles. The minimum atomic E-state index is -0.541. The molecule has 0 atom stereocenters. The molecule has 0 N–H and O–H groups in total. The summed E-state index contributed by atoms with van der Waals surface area (Å²) in [7, 11) is -0.541. The maximum absolute atomic E-state index is 11.1. The van der Waals surface area contributed by atoms with Crippen LogP contribution in [-0.4, -0.2) is 10.9 Å². The first-order valence-electron chi connectivity index (χ1n) is 8.36. The molecule has 0 unspecified atom stereocenters. The summed E-state index contributed by atoms with van der Waals surface area (Å²) in [5.41, 5.74) is 1.29. The van der Waals surface area contributed by atoms with Gasteiger partial charge in [0.1, 0.15) is 0 Å². The Labute approximate surface area is 155 Å². The van der Waals surface area contributed by atoms with E-state index in [-0.39, 0.29) is 5.12 Å². The van der Waals surface area contributed by atoms with Crippen LogP contribution in [-0.2, 0) is 11.2 Å². The Balaban J connectivity index is 1.85. The molecule has 3 aromatic rings. The highest BCUT2D eigenvalue weighted by atomic mass is 32.2. The predicted octanol–water partition coefficient (Wildman–Crippen LogP) is 4.27. The molecule has 0 heterocycles. The number of carbonyl (C=O) groups excluding carboxylic acids is 1. The van der Waals surface area contributed by atoms with E-state index >= 15 is 0 Å². The Kier molecular flexibility index (Phi) is 6.44. The van der Waals surface area contributed by atoms with Gasteiger partial charge in [-0.15, -0.1) is 0 Å². The first kappa shape index (κ1) is 17.9. The SMILES string of the molecule is CC(=O)SCCc1ccc(P(c2ccccc2)c2ccccc2)cc1. The number of aryl methyl sites for hydroxylation is 1. The van der Waals surface area contributed by atoms with Gasteiger partial charge in [-0.2, -0.15) is 0 Å². The molecule has 0 aromatic heterocycles. The van der Waals surface area contributed by atoms with Crippen LogP contribution >= 0.6 is 19.7 Å². The van der Waals surface area contributed by atoms with Crippen molar-refractivity contribution in [2.45, 2.75) is 13.3 Å². The molecule has 25 heavy (non-hydrogen) atoms. The standard InChI is InChI=1S/C22H21OPS/c1-18(23)25-17-16-19-12-14-22(15-13-19)24(20-8-4-2-5-9-20)21-10-6-3-7-11-21/h2-15H,16-17H2,1H3. The van der Waals surface area contributed by atoms with Crippen LogP contribution in [0.4, 0.5) is 0 Å². The van der Waals surface area contributed by atoms with E-state index in [0.717, 1.165) is 12.2 Å². The van der Waals surface area contributed by atoms with E-state index in [1.54, 1.807) is 6.92 Å². The molecule has 0 amide bonds. The molecular weight excluding hydrogens is 343 g/mol. The lowest BCUT2D eigenvalue weighted by molar-refractivity contribution is -0.109. The molecule has 0 aliphatic heterocycles. The van der Waals surface area contributed by atoms with Gasteiger partial charge in [-0.3, -0.25) is 4.79 Å². The van der Waals surface area contributed by atoms with E-state index in [4.69, 9.17) is 0 Å². The summed E-state index contributed by atoms with van der Waals surface area (Å²) in [4.78, 5) is 11.1. The van der Waals surface area contributed by atoms with Gasteiger partial charge in [0.2, 0.25) is 0 Å². The number of hydrogen-bond acceptors (Lipinski definition) is 2. The quantitative estimate of drug-likeness (QED) is 0.608. The maximum atomic E-state index is 11.1. The fraction of sp³-hybridized carbons (Fsp3) is 0.136. The van der Waals surface area contributed by atoms with Gasteiger partial charge in [0, 0.05) is 12.7 Å². The number of thioether (sulfide) groups is 1. The number of carbonyl (C=O) groups is 1. The summed E-state index contributed by atoms with van der Waals surface area (Å²) in [6.07, 6.45) is 0.930. The van der Waals surface area contributed by atoms with Gasteiger partial charge in [0.25, 0.3) is 0 Å². The van der Waals surface area contributed by atoms with Gasteiger partial charge in [-0.25, -0.2) is 0 Å². The second-order valence-electron chi connectivity index (χ2n) is 5.76. The molecule has 0 saturated carbocycles. The molecule has 0 fully saturated rings. The Morgan fingerprint density at radius 1 is 0.760 bits per heavy atom. The minimum Gasteiger partial charge on any atom is -0.288 e. The summed E-state index contributed by atoms with van der Waals surface area (Å²) >= 11 is 1.40. The van der Waals surface area contributed by atoms with Crippen molar-refractivity contribution in [2.75, 3.05) is 5.75 Å². The van der Waals surface area contributed by atoms with Crippen LogP contribution < -0.4 is 15.9 Å². The Hall–Kier alpha value is -1.89. The van der Waals surface area contributed by atoms with Crippen LogP contribution in [0.15, 0.2) is 84.9 Å². The van der Waals surface area contributed by atoms with Crippen LogP contribution in [0.25, 0.3) is 0 Å². The predicted molar refractivity (Wildman–Crippen MR) is 112 cm³/mol. The minimum absolute atomic E-state index is 0.188. The van der Waals surface area contributed by atoms with E-state index in [1.807, 2.05) is 0 Å². The van der Waals surface area contributed by atoms with Gasteiger partial charge < -0.3 is 0 Å². The van der Waals surface area contributed by atoms with Crippen molar-refractivity contribution < 1.29 is 4.79 Å². The molecule has 1 nitrogen and oxygen atoms in total. The zero-order valence-electron chi connectivity index (χ0n) is 14.3. The van der Waals surface area contributed by atoms with Crippen LogP contribution in [0.5, 0.6) is 0 Å². The van der Waals surface area contributed by atoms with Crippen molar-refractivity contribution in [2.24, 2.45) is 0 Å². The Bertz CT molecular complexity index is 761. The second kappa shape index (κ2) is 8.99. The van der Waals surface area contributed by atoms with E-state index < -0.39 is 7.92 Å². The molecule has 0 spiro atoms. The first-order chi connectivity index (χ1) is 12.2. The van der Waals surface area contributed by atoms with E-state index in [0.29, 0.717) is 0 Å². The van der Waals surface area contributed by atoms with Crippen LogP contribution in [0.2, 0.25) is 0 Å². The Morgan fingerprint density at radius 2 is 1.24 bits per heavy atom. The van der Waals surface area contributed by atoms with Gasteiger partial charge in [0.15, 0.2) is 5.12 Å². The lowest BCUT2D eigenvalue weighted by Gasteiger charge is -2.19. The van der Waals surface area contributed by atoms with E-state index in [1.165, 1.54) is 33.2 Å². The highest BCUT2D eigenvalue weighted by Crippen LogP contribution is 2.32. The zero-order valence-corrected chi connectivity index (χ0v) is 16.0. The fourth-order valence-electron chi connectivity index (χ4n) is 2.73. The highest BCUT2D eigenvalue weighted by Gasteiger charge is 2.15. The summed E-state index contributed by atoms with van der Waals surface area (Å²) in [5, 5.41) is 4.27. The third-order valence-corrected chi connectivity index (χ3v) is 7.18. The number of benzene rings is 3.